The Hall–Kier alpha value is -0.0500. The number of carbonyl (C=O) groups is 1. The van der Waals surface area contributed by atoms with Crippen molar-refractivity contribution in [2.75, 3.05) is 5.33 Å². The molecule has 1 aliphatic carbocycles. The van der Waals surface area contributed by atoms with Crippen molar-refractivity contribution in [1.29, 1.82) is 0 Å². The van der Waals surface area contributed by atoms with Gasteiger partial charge in [0.05, 0.1) is 0 Å². The number of alkyl halides is 1. The van der Waals surface area contributed by atoms with Crippen molar-refractivity contribution in [2.45, 2.75) is 45.1 Å². The molecule has 76 valence electrons. The van der Waals surface area contributed by atoms with Gasteiger partial charge >= 0.3 is 0 Å². The van der Waals surface area contributed by atoms with Gasteiger partial charge in [-0.25, -0.2) is 0 Å². The minimum Gasteiger partial charge on any atom is -0.350 e. The van der Waals surface area contributed by atoms with Gasteiger partial charge in [-0.3, -0.25) is 4.79 Å². The zero-order valence-corrected chi connectivity index (χ0v) is 9.99. The molecule has 0 aromatic rings. The van der Waals surface area contributed by atoms with E-state index < -0.39 is 0 Å². The SMILES string of the molecule is CCC(C)(CBr)NC(=O)CC1CC1. The van der Waals surface area contributed by atoms with Crippen molar-refractivity contribution in [3.63, 3.8) is 0 Å². The van der Waals surface area contributed by atoms with Gasteiger partial charge in [0.2, 0.25) is 5.91 Å². The van der Waals surface area contributed by atoms with Crippen molar-refractivity contribution < 1.29 is 4.79 Å². The molecule has 0 aromatic heterocycles. The molecule has 0 heterocycles. The summed E-state index contributed by atoms with van der Waals surface area (Å²) in [5.41, 5.74) is -0.0635. The number of rotatable bonds is 5. The molecule has 1 atom stereocenters. The van der Waals surface area contributed by atoms with E-state index in [2.05, 4.69) is 35.1 Å². The van der Waals surface area contributed by atoms with E-state index in [9.17, 15) is 4.79 Å². The number of hydrogen-bond donors (Lipinski definition) is 1. The minimum atomic E-state index is -0.0635. The molecule has 0 aromatic carbocycles. The maximum Gasteiger partial charge on any atom is 0.220 e. The van der Waals surface area contributed by atoms with Crippen molar-refractivity contribution in [3.05, 3.63) is 0 Å². The second-order valence-electron chi connectivity index (χ2n) is 4.24. The van der Waals surface area contributed by atoms with Crippen molar-refractivity contribution in [2.24, 2.45) is 5.92 Å². The van der Waals surface area contributed by atoms with Crippen LogP contribution in [0.25, 0.3) is 0 Å². The summed E-state index contributed by atoms with van der Waals surface area (Å²) in [6, 6.07) is 0. The topological polar surface area (TPSA) is 29.1 Å². The smallest absolute Gasteiger partial charge is 0.220 e. The lowest BCUT2D eigenvalue weighted by Crippen LogP contribution is -2.47. The zero-order valence-electron chi connectivity index (χ0n) is 8.40. The van der Waals surface area contributed by atoms with Crippen LogP contribution in [0.3, 0.4) is 0 Å². The maximum atomic E-state index is 11.5. The molecule has 13 heavy (non-hydrogen) atoms. The van der Waals surface area contributed by atoms with Gasteiger partial charge in [-0.2, -0.15) is 0 Å². The molecule has 1 amide bonds. The Morgan fingerprint density at radius 1 is 1.62 bits per heavy atom. The van der Waals surface area contributed by atoms with Gasteiger partial charge in [-0.05, 0) is 32.1 Å². The molecule has 0 spiro atoms. The molecule has 1 rings (SSSR count). The standard InChI is InChI=1S/C10H18BrNO/c1-3-10(2,7-11)12-9(13)6-8-4-5-8/h8H,3-7H2,1-2H3,(H,12,13). The quantitative estimate of drug-likeness (QED) is 0.744. The predicted molar refractivity (Wildman–Crippen MR) is 58.0 cm³/mol. The van der Waals surface area contributed by atoms with Crippen LogP contribution in [0, 0.1) is 5.92 Å². The van der Waals surface area contributed by atoms with Gasteiger partial charge in [0, 0.05) is 17.3 Å². The van der Waals surface area contributed by atoms with Crippen molar-refractivity contribution in [1.82, 2.24) is 5.32 Å². The van der Waals surface area contributed by atoms with Crippen molar-refractivity contribution >= 4 is 21.8 Å². The Bertz CT molecular complexity index is 185. The summed E-state index contributed by atoms with van der Waals surface area (Å²) < 4.78 is 0. The van der Waals surface area contributed by atoms with E-state index in [1.165, 1.54) is 12.8 Å². The monoisotopic (exact) mass is 247 g/mol. The van der Waals surface area contributed by atoms with E-state index in [1.54, 1.807) is 0 Å². The van der Waals surface area contributed by atoms with Gasteiger partial charge in [0.25, 0.3) is 0 Å². The molecule has 0 radical (unpaired) electrons. The Labute approximate surface area is 88.6 Å². The van der Waals surface area contributed by atoms with E-state index >= 15 is 0 Å². The van der Waals surface area contributed by atoms with Gasteiger partial charge in [-0.1, -0.05) is 22.9 Å². The lowest BCUT2D eigenvalue weighted by molar-refractivity contribution is -0.123. The second kappa shape index (κ2) is 4.45. The predicted octanol–water partition coefficient (Wildman–Crippen LogP) is 2.47. The van der Waals surface area contributed by atoms with Crippen LogP contribution >= 0.6 is 15.9 Å². The van der Waals surface area contributed by atoms with Gasteiger partial charge in [0.1, 0.15) is 0 Å². The van der Waals surface area contributed by atoms with E-state index in [-0.39, 0.29) is 11.4 Å². The summed E-state index contributed by atoms with van der Waals surface area (Å²) in [5.74, 6) is 0.891. The number of amides is 1. The fraction of sp³-hybridized carbons (Fsp3) is 0.900. The molecule has 1 saturated carbocycles. The first-order valence-corrected chi connectivity index (χ1v) is 6.09. The van der Waals surface area contributed by atoms with Crippen LogP contribution in [-0.2, 0) is 4.79 Å². The van der Waals surface area contributed by atoms with Crippen LogP contribution in [0.15, 0.2) is 0 Å². The summed E-state index contributed by atoms with van der Waals surface area (Å²) in [6.07, 6.45) is 4.17. The first-order chi connectivity index (χ1) is 6.09. The number of carbonyl (C=O) groups excluding carboxylic acids is 1. The summed E-state index contributed by atoms with van der Waals surface area (Å²) in [4.78, 5) is 11.5. The third-order valence-corrected chi connectivity index (χ3v) is 3.93. The first kappa shape index (κ1) is 11.0. The molecular weight excluding hydrogens is 230 g/mol. The highest BCUT2D eigenvalue weighted by atomic mass is 79.9. The summed E-state index contributed by atoms with van der Waals surface area (Å²) >= 11 is 3.43. The average Bonchev–Trinajstić information content (AvgIpc) is 2.88. The molecule has 1 unspecified atom stereocenters. The van der Waals surface area contributed by atoms with Crippen molar-refractivity contribution in [3.8, 4) is 0 Å². The highest BCUT2D eigenvalue weighted by Crippen LogP contribution is 2.32. The van der Waals surface area contributed by atoms with E-state index in [4.69, 9.17) is 0 Å². The molecule has 0 bridgehead atoms. The van der Waals surface area contributed by atoms with Gasteiger partial charge < -0.3 is 5.32 Å². The Morgan fingerprint density at radius 3 is 2.62 bits per heavy atom. The number of hydrogen-bond acceptors (Lipinski definition) is 1. The lowest BCUT2D eigenvalue weighted by Gasteiger charge is -2.27. The van der Waals surface area contributed by atoms with E-state index in [0.717, 1.165) is 18.2 Å². The summed E-state index contributed by atoms with van der Waals surface area (Å²) in [5, 5.41) is 3.90. The third-order valence-electron chi connectivity index (χ3n) is 2.69. The average molecular weight is 248 g/mol. The van der Waals surface area contributed by atoms with Crippen LogP contribution in [0.5, 0.6) is 0 Å². The molecular formula is C10H18BrNO. The first-order valence-electron chi connectivity index (χ1n) is 4.96. The van der Waals surface area contributed by atoms with E-state index in [0.29, 0.717) is 5.92 Å². The number of halogens is 1. The Kier molecular flexibility index (Phi) is 3.77. The second-order valence-corrected chi connectivity index (χ2v) is 4.80. The fourth-order valence-corrected chi connectivity index (χ4v) is 1.72. The molecule has 2 nitrogen and oxygen atoms in total. The largest absolute Gasteiger partial charge is 0.350 e. The van der Waals surface area contributed by atoms with E-state index in [1.807, 2.05) is 0 Å². The normalized spacial score (nSPS) is 20.8. The fourth-order valence-electron chi connectivity index (χ4n) is 1.19. The molecule has 1 N–H and O–H groups in total. The van der Waals surface area contributed by atoms with Crippen LogP contribution < -0.4 is 5.32 Å². The Morgan fingerprint density at radius 2 is 2.23 bits per heavy atom. The minimum absolute atomic E-state index is 0.0635. The highest BCUT2D eigenvalue weighted by molar-refractivity contribution is 9.09. The molecule has 3 heteroatoms. The van der Waals surface area contributed by atoms with Crippen LogP contribution in [0.4, 0.5) is 0 Å². The zero-order chi connectivity index (χ0) is 9.90. The van der Waals surface area contributed by atoms with Crippen LogP contribution in [0.1, 0.15) is 39.5 Å². The lowest BCUT2D eigenvalue weighted by atomic mass is 10.0. The number of nitrogens with one attached hydrogen (secondary N) is 1. The molecule has 1 fully saturated rings. The maximum absolute atomic E-state index is 11.5. The van der Waals surface area contributed by atoms with Gasteiger partial charge in [-0.15, -0.1) is 0 Å². The molecule has 0 saturated heterocycles. The molecule has 0 aliphatic heterocycles. The van der Waals surface area contributed by atoms with Crippen LogP contribution in [-0.4, -0.2) is 16.8 Å². The Balaban J connectivity index is 2.31. The highest BCUT2D eigenvalue weighted by Gasteiger charge is 2.28. The molecule has 1 aliphatic rings. The summed E-state index contributed by atoms with van der Waals surface area (Å²) in [6.45, 7) is 4.17. The third kappa shape index (κ3) is 3.67. The van der Waals surface area contributed by atoms with Gasteiger partial charge in [0.15, 0.2) is 0 Å². The summed E-state index contributed by atoms with van der Waals surface area (Å²) in [7, 11) is 0. The van der Waals surface area contributed by atoms with Crippen LogP contribution in [0.2, 0.25) is 0 Å².